The van der Waals surface area contributed by atoms with E-state index in [0.29, 0.717) is 16.9 Å². The van der Waals surface area contributed by atoms with Gasteiger partial charge in [0.1, 0.15) is 4.99 Å². The van der Waals surface area contributed by atoms with E-state index < -0.39 is 0 Å². The summed E-state index contributed by atoms with van der Waals surface area (Å²) in [6, 6.07) is 6.55. The lowest BCUT2D eigenvalue weighted by Crippen LogP contribution is -2.27. The highest BCUT2D eigenvalue weighted by Gasteiger charge is 2.23. The van der Waals surface area contributed by atoms with Crippen LogP contribution in [0.3, 0.4) is 0 Å². The molecule has 3 nitrogen and oxygen atoms in total. The van der Waals surface area contributed by atoms with Gasteiger partial charge in [-0.25, -0.2) is 0 Å². The Bertz CT molecular complexity index is 473. The summed E-state index contributed by atoms with van der Waals surface area (Å²) in [7, 11) is 0. The molecule has 1 saturated heterocycles. The molecule has 3 N–H and O–H groups in total. The maximum absolute atomic E-state index is 5.93. The fourth-order valence-electron chi connectivity index (χ4n) is 2.49. The summed E-state index contributed by atoms with van der Waals surface area (Å²) in [6.07, 6.45) is 1.11. The van der Waals surface area contributed by atoms with Gasteiger partial charge in [0.25, 0.3) is 0 Å². The molecule has 2 unspecified atom stereocenters. The van der Waals surface area contributed by atoms with Crippen LogP contribution in [0.5, 0.6) is 0 Å². The normalized spacial score (nSPS) is 19.8. The third kappa shape index (κ3) is 3.65. The first-order chi connectivity index (χ1) is 9.63. The summed E-state index contributed by atoms with van der Waals surface area (Å²) in [5, 5.41) is 3.57. The smallest absolute Gasteiger partial charge is 0.107 e. The first-order valence-electron chi connectivity index (χ1n) is 7.03. The Morgan fingerprint density at radius 3 is 3.00 bits per heavy atom. The molecule has 1 heterocycles. The number of hydrogen-bond donors (Lipinski definition) is 2. The number of hydrogen-bond acceptors (Lipinski definition) is 4. The molecule has 1 aromatic carbocycles. The van der Waals surface area contributed by atoms with Crippen LogP contribution in [0, 0.1) is 5.92 Å². The van der Waals surface area contributed by atoms with Crippen LogP contribution in [-0.4, -0.2) is 30.0 Å². The van der Waals surface area contributed by atoms with Crippen molar-refractivity contribution in [3.8, 4) is 0 Å². The van der Waals surface area contributed by atoms with Crippen molar-refractivity contribution >= 4 is 34.7 Å². The van der Waals surface area contributed by atoms with Crippen LogP contribution in [0.4, 0.5) is 5.69 Å². The van der Waals surface area contributed by atoms with Gasteiger partial charge in [0.2, 0.25) is 0 Å². The van der Waals surface area contributed by atoms with E-state index in [9.17, 15) is 0 Å². The predicted octanol–water partition coefficient (Wildman–Crippen LogP) is 3.27. The Morgan fingerprint density at radius 1 is 1.60 bits per heavy atom. The Labute approximate surface area is 130 Å². The standard InChI is InChI=1S/C15H22N2OS2/c1-3-20-13-6-4-5-12(14(13)15(16)19)17-10(2)11-7-8-18-9-11/h4-6,10-11,17H,3,7-9H2,1-2H3,(H2,16,19). The second-order valence-corrected chi connectivity index (χ2v) is 6.78. The van der Waals surface area contributed by atoms with Crippen molar-refractivity contribution in [2.45, 2.75) is 31.2 Å². The average molecular weight is 310 g/mol. The molecule has 0 saturated carbocycles. The monoisotopic (exact) mass is 310 g/mol. The molecule has 2 rings (SSSR count). The van der Waals surface area contributed by atoms with E-state index in [2.05, 4.69) is 37.4 Å². The van der Waals surface area contributed by atoms with E-state index in [1.165, 1.54) is 0 Å². The van der Waals surface area contributed by atoms with Crippen molar-refractivity contribution < 1.29 is 4.74 Å². The van der Waals surface area contributed by atoms with Crippen molar-refractivity contribution in [3.63, 3.8) is 0 Å². The van der Waals surface area contributed by atoms with Gasteiger partial charge in [-0.1, -0.05) is 25.2 Å². The van der Waals surface area contributed by atoms with Gasteiger partial charge < -0.3 is 15.8 Å². The summed E-state index contributed by atoms with van der Waals surface area (Å²) in [5.74, 6) is 1.56. The Balaban J connectivity index is 2.21. The molecule has 5 heteroatoms. The molecule has 2 atom stereocenters. The van der Waals surface area contributed by atoms with Gasteiger partial charge in [-0.3, -0.25) is 0 Å². The third-order valence-corrected chi connectivity index (χ3v) is 4.77. The number of nitrogens with two attached hydrogens (primary N) is 1. The van der Waals surface area contributed by atoms with Gasteiger partial charge in [-0.15, -0.1) is 11.8 Å². The summed E-state index contributed by atoms with van der Waals surface area (Å²) >= 11 is 7.01. The minimum Gasteiger partial charge on any atom is -0.389 e. The number of rotatable bonds is 6. The zero-order chi connectivity index (χ0) is 14.5. The van der Waals surface area contributed by atoms with Crippen LogP contribution in [0.2, 0.25) is 0 Å². The topological polar surface area (TPSA) is 47.3 Å². The van der Waals surface area contributed by atoms with Crippen molar-refractivity contribution in [1.82, 2.24) is 0 Å². The number of ether oxygens (including phenoxy) is 1. The molecular weight excluding hydrogens is 288 g/mol. The first kappa shape index (κ1) is 15.6. The van der Waals surface area contributed by atoms with Crippen LogP contribution in [0.15, 0.2) is 23.1 Å². The maximum Gasteiger partial charge on any atom is 0.107 e. The molecule has 0 spiro atoms. The molecule has 0 radical (unpaired) electrons. The second-order valence-electron chi connectivity index (χ2n) is 5.03. The third-order valence-electron chi connectivity index (χ3n) is 3.63. The van der Waals surface area contributed by atoms with E-state index >= 15 is 0 Å². The van der Waals surface area contributed by atoms with Gasteiger partial charge >= 0.3 is 0 Å². The van der Waals surface area contributed by atoms with Gasteiger partial charge in [-0.05, 0) is 31.2 Å². The van der Waals surface area contributed by atoms with Gasteiger partial charge in [0.15, 0.2) is 0 Å². The quantitative estimate of drug-likeness (QED) is 0.624. The molecule has 0 amide bonds. The van der Waals surface area contributed by atoms with Crippen molar-refractivity contribution in [2.75, 3.05) is 24.3 Å². The molecule has 1 aliphatic heterocycles. The number of benzene rings is 1. The number of anilines is 1. The van der Waals surface area contributed by atoms with Crippen LogP contribution in [0.25, 0.3) is 0 Å². The lowest BCUT2D eigenvalue weighted by atomic mass is 10.00. The predicted molar refractivity (Wildman–Crippen MR) is 90.7 cm³/mol. The van der Waals surface area contributed by atoms with E-state index in [-0.39, 0.29) is 0 Å². The number of thiocarbonyl (C=S) groups is 1. The Kier molecular flexibility index (Phi) is 5.69. The molecule has 0 aliphatic carbocycles. The highest BCUT2D eigenvalue weighted by atomic mass is 32.2. The second kappa shape index (κ2) is 7.29. The summed E-state index contributed by atoms with van der Waals surface area (Å²) in [4.78, 5) is 1.61. The van der Waals surface area contributed by atoms with E-state index in [1.807, 2.05) is 0 Å². The largest absolute Gasteiger partial charge is 0.389 e. The highest BCUT2D eigenvalue weighted by Crippen LogP contribution is 2.30. The highest BCUT2D eigenvalue weighted by molar-refractivity contribution is 7.99. The molecular formula is C15H22N2OS2. The van der Waals surface area contributed by atoms with E-state index in [0.717, 1.165) is 41.5 Å². The number of thioether (sulfide) groups is 1. The first-order valence-corrected chi connectivity index (χ1v) is 8.42. The lowest BCUT2D eigenvalue weighted by Gasteiger charge is -2.23. The minimum atomic E-state index is 0.354. The van der Waals surface area contributed by atoms with Gasteiger partial charge in [-0.2, -0.15) is 0 Å². The fourth-order valence-corrected chi connectivity index (χ4v) is 3.63. The van der Waals surface area contributed by atoms with Gasteiger partial charge in [0, 0.05) is 34.7 Å². The Hall–Kier alpha value is -0.780. The van der Waals surface area contributed by atoms with E-state index in [1.54, 1.807) is 11.8 Å². The summed E-state index contributed by atoms with van der Waals surface area (Å²) in [5.41, 5.74) is 7.94. The van der Waals surface area contributed by atoms with Crippen LogP contribution in [-0.2, 0) is 4.74 Å². The van der Waals surface area contributed by atoms with Crippen LogP contribution in [0.1, 0.15) is 25.8 Å². The number of nitrogens with one attached hydrogen (secondary N) is 1. The lowest BCUT2D eigenvalue weighted by molar-refractivity contribution is 0.183. The average Bonchev–Trinajstić information content (AvgIpc) is 2.92. The molecule has 1 aromatic rings. The summed E-state index contributed by atoms with van der Waals surface area (Å²) < 4.78 is 5.46. The van der Waals surface area contributed by atoms with Gasteiger partial charge in [0.05, 0.1) is 6.61 Å². The van der Waals surface area contributed by atoms with Crippen molar-refractivity contribution in [1.29, 1.82) is 0 Å². The molecule has 110 valence electrons. The SMILES string of the molecule is CCSc1cccc(NC(C)C2CCOC2)c1C(N)=S. The Morgan fingerprint density at radius 2 is 2.40 bits per heavy atom. The van der Waals surface area contributed by atoms with Crippen molar-refractivity contribution in [2.24, 2.45) is 11.7 Å². The molecule has 1 aliphatic rings. The van der Waals surface area contributed by atoms with Crippen molar-refractivity contribution in [3.05, 3.63) is 23.8 Å². The summed E-state index contributed by atoms with van der Waals surface area (Å²) in [6.45, 7) is 6.03. The van der Waals surface area contributed by atoms with E-state index in [4.69, 9.17) is 22.7 Å². The zero-order valence-electron chi connectivity index (χ0n) is 12.0. The molecule has 0 bridgehead atoms. The molecule has 1 fully saturated rings. The maximum atomic E-state index is 5.93. The minimum absolute atomic E-state index is 0.354. The van der Waals surface area contributed by atoms with Crippen LogP contribution < -0.4 is 11.1 Å². The molecule has 20 heavy (non-hydrogen) atoms. The fraction of sp³-hybridized carbons (Fsp3) is 0.533. The molecule has 0 aromatic heterocycles. The van der Waals surface area contributed by atoms with Crippen LogP contribution >= 0.6 is 24.0 Å². The zero-order valence-corrected chi connectivity index (χ0v) is 13.7.